The summed E-state index contributed by atoms with van der Waals surface area (Å²) in [6.07, 6.45) is 0.546. The third-order valence-corrected chi connectivity index (χ3v) is 3.66. The molecule has 7 heteroatoms. The van der Waals surface area contributed by atoms with E-state index < -0.39 is 11.9 Å². The molecule has 7 nitrogen and oxygen atoms in total. The Hall–Kier alpha value is -3.09. The minimum Gasteiger partial charge on any atom is -0.465 e. The zero-order chi connectivity index (χ0) is 18.6. The Morgan fingerprint density at radius 2 is 1.76 bits per heavy atom. The molecule has 1 aromatic heterocycles. The second kappa shape index (κ2) is 7.65. The Balaban J connectivity index is 2.22. The van der Waals surface area contributed by atoms with Gasteiger partial charge in [-0.1, -0.05) is 6.92 Å². The van der Waals surface area contributed by atoms with Crippen LogP contribution in [-0.4, -0.2) is 29.9 Å². The number of aromatic amines is 1. The minimum atomic E-state index is -0.602. The van der Waals surface area contributed by atoms with Gasteiger partial charge in [0.15, 0.2) is 0 Å². The zero-order valence-electron chi connectivity index (χ0n) is 14.6. The number of esters is 2. The van der Waals surface area contributed by atoms with Crippen molar-refractivity contribution in [2.75, 3.05) is 12.4 Å². The van der Waals surface area contributed by atoms with Gasteiger partial charge in [-0.2, -0.15) is 0 Å². The number of H-pyrrole nitrogens is 1. The summed E-state index contributed by atoms with van der Waals surface area (Å²) in [6.45, 7) is 4.94. The molecular formula is C18H20N2O5. The minimum absolute atomic E-state index is 0.186. The number of carbonyl (C=O) groups excluding carboxylic acids is 3. The van der Waals surface area contributed by atoms with Crippen LogP contribution in [0.2, 0.25) is 0 Å². The first-order valence-corrected chi connectivity index (χ1v) is 7.77. The Bertz CT molecular complexity index is 806. The van der Waals surface area contributed by atoms with Gasteiger partial charge in [-0.05, 0) is 43.2 Å². The number of amides is 1. The maximum absolute atomic E-state index is 12.4. The van der Waals surface area contributed by atoms with Crippen molar-refractivity contribution in [3.8, 4) is 5.75 Å². The predicted octanol–water partition coefficient (Wildman–Crippen LogP) is 2.85. The maximum Gasteiger partial charge on any atom is 0.360 e. The summed E-state index contributed by atoms with van der Waals surface area (Å²) in [5, 5.41) is 2.63. The van der Waals surface area contributed by atoms with Gasteiger partial charge in [0.25, 0.3) is 0 Å². The van der Waals surface area contributed by atoms with Crippen molar-refractivity contribution in [2.24, 2.45) is 0 Å². The number of carbonyl (C=O) groups is 3. The molecule has 0 atom stereocenters. The van der Waals surface area contributed by atoms with E-state index in [1.54, 1.807) is 31.2 Å². The number of rotatable bonds is 5. The first-order chi connectivity index (χ1) is 11.9. The fourth-order valence-electron chi connectivity index (χ4n) is 2.47. The van der Waals surface area contributed by atoms with Crippen LogP contribution in [0, 0.1) is 6.92 Å². The van der Waals surface area contributed by atoms with Crippen molar-refractivity contribution < 1.29 is 23.9 Å². The molecule has 0 aliphatic carbocycles. The van der Waals surface area contributed by atoms with E-state index in [2.05, 4.69) is 10.3 Å². The molecule has 0 aliphatic heterocycles. The summed E-state index contributed by atoms with van der Waals surface area (Å²) >= 11 is 0. The van der Waals surface area contributed by atoms with Gasteiger partial charge >= 0.3 is 11.9 Å². The summed E-state index contributed by atoms with van der Waals surface area (Å²) in [4.78, 5) is 38.3. The van der Waals surface area contributed by atoms with E-state index in [4.69, 9.17) is 9.47 Å². The standard InChI is InChI=1S/C18H20N2O5/c1-5-14-15(17(22)24-4)10(2)16(20-14)18(23)25-13-8-6-12(7-9-13)19-11(3)21/h6-9,20H,5H2,1-4H3,(H,19,21). The molecule has 2 rings (SSSR count). The summed E-state index contributed by atoms with van der Waals surface area (Å²) in [7, 11) is 1.29. The van der Waals surface area contributed by atoms with E-state index in [-0.39, 0.29) is 11.6 Å². The zero-order valence-corrected chi connectivity index (χ0v) is 14.6. The largest absolute Gasteiger partial charge is 0.465 e. The number of benzene rings is 1. The molecule has 0 spiro atoms. The summed E-state index contributed by atoms with van der Waals surface area (Å²) in [5.41, 5.74) is 2.28. The maximum atomic E-state index is 12.4. The molecular weight excluding hydrogens is 324 g/mol. The molecule has 2 N–H and O–H groups in total. The van der Waals surface area contributed by atoms with Crippen molar-refractivity contribution in [2.45, 2.75) is 27.2 Å². The molecule has 132 valence electrons. The molecule has 25 heavy (non-hydrogen) atoms. The summed E-state index contributed by atoms with van der Waals surface area (Å²) in [5.74, 6) is -0.959. The van der Waals surface area contributed by atoms with Crippen molar-refractivity contribution in [1.82, 2.24) is 4.98 Å². The van der Waals surface area contributed by atoms with E-state index in [0.29, 0.717) is 34.7 Å². The molecule has 1 heterocycles. The number of nitrogens with one attached hydrogen (secondary N) is 2. The Morgan fingerprint density at radius 3 is 2.28 bits per heavy atom. The molecule has 0 unspecified atom stereocenters. The van der Waals surface area contributed by atoms with Crippen LogP contribution < -0.4 is 10.1 Å². The lowest BCUT2D eigenvalue weighted by atomic mass is 10.1. The van der Waals surface area contributed by atoms with Crippen LogP contribution in [0.25, 0.3) is 0 Å². The van der Waals surface area contributed by atoms with Crippen LogP contribution in [0.15, 0.2) is 24.3 Å². The van der Waals surface area contributed by atoms with Gasteiger partial charge in [-0.15, -0.1) is 0 Å². The number of ether oxygens (including phenoxy) is 2. The predicted molar refractivity (Wildman–Crippen MR) is 92.0 cm³/mol. The smallest absolute Gasteiger partial charge is 0.360 e. The first kappa shape index (κ1) is 18.3. The highest BCUT2D eigenvalue weighted by Gasteiger charge is 2.24. The molecule has 1 amide bonds. The number of methoxy groups -OCH3 is 1. The van der Waals surface area contributed by atoms with Crippen LogP contribution in [0.5, 0.6) is 5.75 Å². The quantitative estimate of drug-likeness (QED) is 0.642. The Labute approximate surface area is 145 Å². The number of anilines is 1. The molecule has 0 bridgehead atoms. The van der Waals surface area contributed by atoms with Crippen LogP contribution in [0.3, 0.4) is 0 Å². The van der Waals surface area contributed by atoms with Gasteiger partial charge in [0.2, 0.25) is 5.91 Å². The topological polar surface area (TPSA) is 97.5 Å². The SMILES string of the molecule is CCc1[nH]c(C(=O)Oc2ccc(NC(C)=O)cc2)c(C)c1C(=O)OC. The molecule has 0 fully saturated rings. The van der Waals surface area contributed by atoms with Gasteiger partial charge in [-0.25, -0.2) is 9.59 Å². The van der Waals surface area contributed by atoms with Crippen LogP contribution >= 0.6 is 0 Å². The lowest BCUT2D eigenvalue weighted by Gasteiger charge is -2.06. The van der Waals surface area contributed by atoms with Gasteiger partial charge in [0, 0.05) is 18.3 Å². The van der Waals surface area contributed by atoms with E-state index in [0.717, 1.165) is 0 Å². The highest BCUT2D eigenvalue weighted by molar-refractivity contribution is 5.99. The van der Waals surface area contributed by atoms with Gasteiger partial charge in [0.05, 0.1) is 12.7 Å². The van der Waals surface area contributed by atoms with E-state index in [9.17, 15) is 14.4 Å². The van der Waals surface area contributed by atoms with Gasteiger partial charge < -0.3 is 19.8 Å². The van der Waals surface area contributed by atoms with Crippen LogP contribution in [0.4, 0.5) is 5.69 Å². The van der Waals surface area contributed by atoms with Gasteiger partial charge in [-0.3, -0.25) is 4.79 Å². The summed E-state index contributed by atoms with van der Waals surface area (Å²) in [6, 6.07) is 6.40. The third-order valence-electron chi connectivity index (χ3n) is 3.66. The van der Waals surface area contributed by atoms with E-state index >= 15 is 0 Å². The highest BCUT2D eigenvalue weighted by Crippen LogP contribution is 2.22. The second-order valence-electron chi connectivity index (χ2n) is 5.42. The molecule has 0 saturated carbocycles. The monoisotopic (exact) mass is 344 g/mol. The lowest BCUT2D eigenvalue weighted by molar-refractivity contribution is -0.114. The normalized spacial score (nSPS) is 10.2. The van der Waals surface area contributed by atoms with Crippen molar-refractivity contribution >= 4 is 23.5 Å². The second-order valence-corrected chi connectivity index (χ2v) is 5.42. The van der Waals surface area contributed by atoms with E-state index in [1.807, 2.05) is 6.92 Å². The van der Waals surface area contributed by atoms with Crippen molar-refractivity contribution in [1.29, 1.82) is 0 Å². The lowest BCUT2D eigenvalue weighted by Crippen LogP contribution is -2.11. The molecule has 2 aromatic rings. The van der Waals surface area contributed by atoms with Crippen LogP contribution in [0.1, 0.15) is 46.0 Å². The van der Waals surface area contributed by atoms with Crippen LogP contribution in [-0.2, 0) is 16.0 Å². The average Bonchev–Trinajstić information content (AvgIpc) is 2.92. The fraction of sp³-hybridized carbons (Fsp3) is 0.278. The molecule has 0 saturated heterocycles. The van der Waals surface area contributed by atoms with Crippen molar-refractivity contribution in [3.05, 3.63) is 46.8 Å². The van der Waals surface area contributed by atoms with Gasteiger partial charge in [0.1, 0.15) is 11.4 Å². The Kier molecular flexibility index (Phi) is 5.59. The average molecular weight is 344 g/mol. The summed E-state index contributed by atoms with van der Waals surface area (Å²) < 4.78 is 10.1. The molecule has 0 aliphatic rings. The number of hydrogen-bond acceptors (Lipinski definition) is 5. The van der Waals surface area contributed by atoms with E-state index in [1.165, 1.54) is 14.0 Å². The Morgan fingerprint density at radius 1 is 1.12 bits per heavy atom. The number of aryl methyl sites for hydroxylation is 1. The molecule has 1 aromatic carbocycles. The number of aromatic nitrogens is 1. The first-order valence-electron chi connectivity index (χ1n) is 7.77. The fourth-order valence-corrected chi connectivity index (χ4v) is 2.47. The van der Waals surface area contributed by atoms with Crippen molar-refractivity contribution in [3.63, 3.8) is 0 Å². The molecule has 0 radical (unpaired) electrons. The third kappa shape index (κ3) is 4.06. The highest BCUT2D eigenvalue weighted by atomic mass is 16.5. The number of hydrogen-bond donors (Lipinski definition) is 2.